The van der Waals surface area contributed by atoms with Crippen molar-refractivity contribution in [2.24, 2.45) is 5.92 Å². The maximum atomic E-state index is 13.5. The lowest BCUT2D eigenvalue weighted by molar-refractivity contribution is -0.141. The molecule has 0 aromatic heterocycles. The first-order chi connectivity index (χ1) is 19.7. The standard InChI is InChI=1S/C31H48N4O4S2/c1-31(2,39)17-28(36)35-22-41-21-27(35)30(38)33-26(20-40-19-24-11-7-4-8-12-24)29(37)32-25-13-15-34(16-14-25)18-23-9-5-3-6-10-23/h3,5-6,9-10,24-27,39H,4,7-8,11-22H2,1-2H3,(H,32,37)(H,33,38)/t26-,27-/m0/s1. The number of nitrogens with one attached hydrogen (secondary N) is 2. The summed E-state index contributed by atoms with van der Waals surface area (Å²) in [6.45, 7) is 5.95. The fraction of sp³-hybridized carbons (Fsp3) is 0.710. The van der Waals surface area contributed by atoms with Crippen LogP contribution >= 0.6 is 23.5 Å². The van der Waals surface area contributed by atoms with Gasteiger partial charge in [-0.1, -0.05) is 49.6 Å². The molecule has 0 bridgehead atoms. The summed E-state index contributed by atoms with van der Waals surface area (Å²) in [6.07, 6.45) is 8.09. The summed E-state index contributed by atoms with van der Waals surface area (Å²) in [5.41, 5.74) is 0.160. The number of benzene rings is 1. The molecule has 4 rings (SSSR count). The molecule has 2 saturated heterocycles. The number of rotatable bonds is 12. The minimum Gasteiger partial charge on any atom is -0.390 e. The molecule has 8 nitrogen and oxygen atoms in total. The van der Waals surface area contributed by atoms with Gasteiger partial charge < -0.3 is 20.6 Å². The van der Waals surface area contributed by atoms with Crippen LogP contribution in [0.5, 0.6) is 0 Å². The van der Waals surface area contributed by atoms with Gasteiger partial charge >= 0.3 is 0 Å². The molecular weight excluding hydrogens is 556 g/mol. The number of likely N-dealkylation sites (tertiary alicyclic amines) is 1. The van der Waals surface area contributed by atoms with E-state index in [1.165, 1.54) is 49.4 Å². The van der Waals surface area contributed by atoms with E-state index in [4.69, 9.17) is 0 Å². The first-order valence-electron chi connectivity index (χ1n) is 15.2. The number of nitrogens with zero attached hydrogens (tertiary/aromatic N) is 2. The van der Waals surface area contributed by atoms with Gasteiger partial charge in [0.15, 0.2) is 0 Å². The van der Waals surface area contributed by atoms with Crippen LogP contribution in [0.3, 0.4) is 0 Å². The molecular formula is C31H48N4O4S2. The van der Waals surface area contributed by atoms with Gasteiger partial charge in [0.05, 0.1) is 17.9 Å². The molecule has 0 spiro atoms. The van der Waals surface area contributed by atoms with Gasteiger partial charge in [0.2, 0.25) is 17.7 Å². The summed E-state index contributed by atoms with van der Waals surface area (Å²) in [5.74, 6) is 2.48. The molecule has 3 N–H and O–H groups in total. The number of amides is 3. The lowest BCUT2D eigenvalue weighted by atomic mass is 9.91. The number of hydrogen-bond donors (Lipinski definition) is 3. The zero-order valence-corrected chi connectivity index (χ0v) is 26.3. The topological polar surface area (TPSA) is 102 Å². The Labute approximate surface area is 254 Å². The van der Waals surface area contributed by atoms with E-state index in [9.17, 15) is 19.5 Å². The molecule has 41 heavy (non-hydrogen) atoms. The SMILES string of the molecule is CC(C)(O)CC(=O)N1CSC[C@H]1C(=O)N[C@@H](CSCC1CCCCC1)C(=O)NC1CCN(Cc2ccccc2)CC1. The third-order valence-corrected chi connectivity index (χ3v) is 10.6. The molecule has 2 atom stereocenters. The summed E-state index contributed by atoms with van der Waals surface area (Å²) in [6, 6.07) is 9.27. The van der Waals surface area contributed by atoms with Crippen LogP contribution in [0.15, 0.2) is 30.3 Å². The predicted molar refractivity (Wildman–Crippen MR) is 168 cm³/mol. The van der Waals surface area contributed by atoms with Crippen molar-refractivity contribution >= 4 is 41.2 Å². The molecule has 3 amide bonds. The van der Waals surface area contributed by atoms with Crippen LogP contribution in [-0.2, 0) is 20.9 Å². The monoisotopic (exact) mass is 604 g/mol. The highest BCUT2D eigenvalue weighted by atomic mass is 32.2. The molecule has 1 saturated carbocycles. The average Bonchev–Trinajstić information content (AvgIpc) is 3.44. The molecule has 0 unspecified atom stereocenters. The second-order valence-electron chi connectivity index (χ2n) is 12.5. The summed E-state index contributed by atoms with van der Waals surface area (Å²) in [7, 11) is 0. The van der Waals surface area contributed by atoms with Crippen LogP contribution in [-0.4, -0.2) is 92.6 Å². The van der Waals surface area contributed by atoms with Crippen molar-refractivity contribution in [1.29, 1.82) is 0 Å². The molecule has 3 fully saturated rings. The van der Waals surface area contributed by atoms with E-state index in [1.807, 2.05) is 6.07 Å². The van der Waals surface area contributed by atoms with Crippen LogP contribution in [0.25, 0.3) is 0 Å². The van der Waals surface area contributed by atoms with Gasteiger partial charge in [-0.15, -0.1) is 11.8 Å². The van der Waals surface area contributed by atoms with Gasteiger partial charge in [0, 0.05) is 37.2 Å². The average molecular weight is 605 g/mol. The number of aliphatic hydroxyl groups is 1. The molecule has 2 heterocycles. The first-order valence-corrected chi connectivity index (χ1v) is 17.5. The number of carbonyl (C=O) groups is 3. The first kappa shape index (κ1) is 32.2. The maximum absolute atomic E-state index is 13.5. The third-order valence-electron chi connectivity index (χ3n) is 8.27. The Hall–Kier alpha value is -1.75. The number of hydrogen-bond acceptors (Lipinski definition) is 7. The molecule has 1 aromatic carbocycles. The van der Waals surface area contributed by atoms with E-state index < -0.39 is 17.7 Å². The van der Waals surface area contributed by atoms with E-state index >= 15 is 0 Å². The number of thioether (sulfide) groups is 2. The van der Waals surface area contributed by atoms with Crippen LogP contribution in [0.2, 0.25) is 0 Å². The molecule has 2 aliphatic heterocycles. The maximum Gasteiger partial charge on any atom is 0.244 e. The quantitative estimate of drug-likeness (QED) is 0.335. The Morgan fingerprint density at radius 2 is 1.78 bits per heavy atom. The van der Waals surface area contributed by atoms with Crippen LogP contribution in [0.1, 0.15) is 70.8 Å². The van der Waals surface area contributed by atoms with Crippen LogP contribution in [0, 0.1) is 5.92 Å². The van der Waals surface area contributed by atoms with Crippen molar-refractivity contribution < 1.29 is 19.5 Å². The fourth-order valence-electron chi connectivity index (χ4n) is 5.91. The van der Waals surface area contributed by atoms with Crippen molar-refractivity contribution in [3.8, 4) is 0 Å². The van der Waals surface area contributed by atoms with Crippen molar-refractivity contribution in [3.63, 3.8) is 0 Å². The molecule has 0 radical (unpaired) electrons. The van der Waals surface area contributed by atoms with Crippen molar-refractivity contribution in [2.75, 3.05) is 36.2 Å². The van der Waals surface area contributed by atoms with Crippen molar-refractivity contribution in [2.45, 2.75) is 95.5 Å². The van der Waals surface area contributed by atoms with Gasteiger partial charge in [-0.3, -0.25) is 19.3 Å². The molecule has 10 heteroatoms. The van der Waals surface area contributed by atoms with Crippen LogP contribution < -0.4 is 10.6 Å². The summed E-state index contributed by atoms with van der Waals surface area (Å²) in [5, 5.41) is 16.4. The van der Waals surface area contributed by atoms with Crippen molar-refractivity contribution in [1.82, 2.24) is 20.4 Å². The number of piperidine rings is 1. The Balaban J connectivity index is 1.32. The van der Waals surface area contributed by atoms with Gasteiger partial charge in [-0.2, -0.15) is 11.8 Å². The zero-order chi connectivity index (χ0) is 29.2. The molecule has 1 aromatic rings. The minimum atomic E-state index is -1.14. The normalized spacial score (nSPS) is 21.9. The predicted octanol–water partition coefficient (Wildman–Crippen LogP) is 3.63. The summed E-state index contributed by atoms with van der Waals surface area (Å²) in [4.78, 5) is 43.8. The Bertz CT molecular complexity index is 992. The van der Waals surface area contributed by atoms with Gasteiger partial charge in [-0.05, 0) is 56.8 Å². The highest BCUT2D eigenvalue weighted by Crippen LogP contribution is 2.28. The molecule has 228 valence electrons. The van der Waals surface area contributed by atoms with E-state index in [0.29, 0.717) is 23.3 Å². The molecule has 3 aliphatic rings. The van der Waals surface area contributed by atoms with E-state index in [0.717, 1.165) is 38.2 Å². The second kappa shape index (κ2) is 15.6. The van der Waals surface area contributed by atoms with Gasteiger partial charge in [0.25, 0.3) is 0 Å². The largest absolute Gasteiger partial charge is 0.390 e. The van der Waals surface area contributed by atoms with E-state index in [-0.39, 0.29) is 30.2 Å². The van der Waals surface area contributed by atoms with Crippen molar-refractivity contribution in [3.05, 3.63) is 35.9 Å². The van der Waals surface area contributed by atoms with Gasteiger partial charge in [-0.25, -0.2) is 0 Å². The van der Waals surface area contributed by atoms with Gasteiger partial charge in [0.1, 0.15) is 12.1 Å². The Morgan fingerprint density at radius 1 is 1.07 bits per heavy atom. The lowest BCUT2D eigenvalue weighted by Gasteiger charge is -2.33. The van der Waals surface area contributed by atoms with E-state index in [2.05, 4.69) is 39.8 Å². The minimum absolute atomic E-state index is 0.0402. The fourth-order valence-corrected chi connectivity index (χ4v) is 8.37. The Morgan fingerprint density at radius 3 is 2.46 bits per heavy atom. The highest BCUT2D eigenvalue weighted by molar-refractivity contribution is 7.99. The highest BCUT2D eigenvalue weighted by Gasteiger charge is 2.38. The third kappa shape index (κ3) is 10.5. The zero-order valence-electron chi connectivity index (χ0n) is 24.7. The molecule has 1 aliphatic carbocycles. The second-order valence-corrected chi connectivity index (χ2v) is 14.6. The summed E-state index contributed by atoms with van der Waals surface area (Å²) >= 11 is 3.28. The van der Waals surface area contributed by atoms with Crippen LogP contribution in [0.4, 0.5) is 0 Å². The summed E-state index contributed by atoms with van der Waals surface area (Å²) < 4.78 is 0. The lowest BCUT2D eigenvalue weighted by Crippen LogP contribution is -2.57. The van der Waals surface area contributed by atoms with E-state index in [1.54, 1.807) is 30.5 Å². The smallest absolute Gasteiger partial charge is 0.244 e. The number of carbonyl (C=O) groups excluding carboxylic acids is 3. The Kier molecular flexibility index (Phi) is 12.3.